The number of hydrogen-bond donors (Lipinski definition) is 1. The second kappa shape index (κ2) is 3.37. The number of carbonyl (C=O) groups excluding carboxylic acids is 1. The molecule has 0 spiro atoms. The molecule has 10 heavy (non-hydrogen) atoms. The second-order valence-corrected chi connectivity index (χ2v) is 3.67. The Morgan fingerprint density at radius 3 is 2.80 bits per heavy atom. The summed E-state index contributed by atoms with van der Waals surface area (Å²) in [6, 6.07) is 0. The maximum absolute atomic E-state index is 10.5. The Balaban J connectivity index is 2.33. The van der Waals surface area contributed by atoms with E-state index in [2.05, 4.69) is 0 Å². The molecule has 0 aromatic heterocycles. The third kappa shape index (κ3) is 1.97. The van der Waals surface area contributed by atoms with Gasteiger partial charge in [0.05, 0.1) is 24.6 Å². The van der Waals surface area contributed by atoms with Crippen molar-refractivity contribution in [2.24, 2.45) is 0 Å². The fourth-order valence-corrected chi connectivity index (χ4v) is 1.68. The van der Waals surface area contributed by atoms with E-state index < -0.39 is 6.10 Å². The van der Waals surface area contributed by atoms with Gasteiger partial charge in [-0.3, -0.25) is 4.79 Å². The Kier molecular flexibility index (Phi) is 2.71. The van der Waals surface area contributed by atoms with Crippen LogP contribution < -0.4 is 0 Å². The quantitative estimate of drug-likeness (QED) is 0.590. The fraction of sp³-hybridized carbons (Fsp3) is 0.833. The van der Waals surface area contributed by atoms with E-state index in [0.717, 1.165) is 11.8 Å². The highest BCUT2D eigenvalue weighted by Crippen LogP contribution is 2.20. The molecule has 58 valence electrons. The van der Waals surface area contributed by atoms with Crippen molar-refractivity contribution in [1.29, 1.82) is 0 Å². The summed E-state index contributed by atoms with van der Waals surface area (Å²) in [6.45, 7) is 2.35. The first kappa shape index (κ1) is 8.04. The highest BCUT2D eigenvalue weighted by Gasteiger charge is 2.27. The van der Waals surface area contributed by atoms with Crippen molar-refractivity contribution in [3.8, 4) is 0 Å². The molecule has 1 aliphatic heterocycles. The van der Waals surface area contributed by atoms with Crippen LogP contribution in [-0.4, -0.2) is 34.8 Å². The van der Waals surface area contributed by atoms with Gasteiger partial charge in [0, 0.05) is 6.92 Å². The number of aliphatic hydroxyl groups is 1. The van der Waals surface area contributed by atoms with E-state index in [-0.39, 0.29) is 10.4 Å². The molecule has 0 saturated carbocycles. The summed E-state index contributed by atoms with van der Waals surface area (Å²) < 4.78 is 4.95. The van der Waals surface area contributed by atoms with Gasteiger partial charge in [-0.05, 0) is 0 Å². The maximum atomic E-state index is 10.5. The predicted octanol–water partition coefficient (Wildman–Crippen LogP) is 0.0258. The Morgan fingerprint density at radius 2 is 2.40 bits per heavy atom. The lowest BCUT2D eigenvalue weighted by Gasteiger charge is -2.07. The van der Waals surface area contributed by atoms with E-state index >= 15 is 0 Å². The van der Waals surface area contributed by atoms with E-state index in [1.807, 2.05) is 0 Å². The van der Waals surface area contributed by atoms with Crippen LogP contribution in [0.4, 0.5) is 0 Å². The van der Waals surface area contributed by atoms with Crippen LogP contribution in [0.3, 0.4) is 0 Å². The Morgan fingerprint density at radius 1 is 1.70 bits per heavy atom. The highest BCUT2D eigenvalue weighted by atomic mass is 32.2. The summed E-state index contributed by atoms with van der Waals surface area (Å²) in [4.78, 5) is 10.5. The van der Waals surface area contributed by atoms with Crippen LogP contribution in [0.1, 0.15) is 6.92 Å². The third-order valence-electron chi connectivity index (χ3n) is 1.32. The van der Waals surface area contributed by atoms with Crippen molar-refractivity contribution in [2.45, 2.75) is 18.3 Å². The number of rotatable bonds is 1. The van der Waals surface area contributed by atoms with E-state index in [1.165, 1.54) is 6.92 Å². The van der Waals surface area contributed by atoms with Crippen LogP contribution in [0.5, 0.6) is 0 Å². The first-order chi connectivity index (χ1) is 4.70. The van der Waals surface area contributed by atoms with Crippen molar-refractivity contribution >= 4 is 16.9 Å². The molecule has 0 aromatic rings. The molecule has 4 heteroatoms. The lowest BCUT2D eigenvalue weighted by atomic mass is 10.3. The van der Waals surface area contributed by atoms with Gasteiger partial charge >= 0.3 is 0 Å². The minimum Gasteiger partial charge on any atom is -0.389 e. The average molecular weight is 162 g/mol. The van der Waals surface area contributed by atoms with Gasteiger partial charge < -0.3 is 9.84 Å². The molecular formula is C6H10O3S. The normalized spacial score (nSPS) is 32.6. The largest absolute Gasteiger partial charge is 0.389 e. The first-order valence-corrected chi connectivity index (χ1v) is 4.01. The van der Waals surface area contributed by atoms with Crippen molar-refractivity contribution < 1.29 is 14.6 Å². The molecule has 2 atom stereocenters. The van der Waals surface area contributed by atoms with Crippen LogP contribution in [-0.2, 0) is 9.53 Å². The highest BCUT2D eigenvalue weighted by molar-refractivity contribution is 8.14. The molecule has 2 unspecified atom stereocenters. The number of carbonyl (C=O) groups is 1. The molecule has 1 fully saturated rings. The number of thioether (sulfide) groups is 1. The molecule has 0 amide bonds. The fourth-order valence-electron chi connectivity index (χ4n) is 0.849. The minimum atomic E-state index is -0.464. The summed E-state index contributed by atoms with van der Waals surface area (Å²) >= 11 is 1.16. The zero-order valence-electron chi connectivity index (χ0n) is 5.74. The van der Waals surface area contributed by atoms with Gasteiger partial charge in [0.15, 0.2) is 5.12 Å². The van der Waals surface area contributed by atoms with Crippen molar-refractivity contribution in [1.82, 2.24) is 0 Å². The van der Waals surface area contributed by atoms with Crippen LogP contribution in [0.2, 0.25) is 0 Å². The van der Waals surface area contributed by atoms with Gasteiger partial charge in [0.1, 0.15) is 0 Å². The standard InChI is InChI=1S/C6H10O3S/c1-4(7)10-6-3-9-2-5(6)8/h5-6,8H,2-3H2,1H3. The van der Waals surface area contributed by atoms with E-state index in [4.69, 9.17) is 9.84 Å². The van der Waals surface area contributed by atoms with Gasteiger partial charge in [-0.15, -0.1) is 0 Å². The van der Waals surface area contributed by atoms with E-state index in [1.54, 1.807) is 0 Å². The molecule has 0 aromatic carbocycles. The van der Waals surface area contributed by atoms with E-state index in [9.17, 15) is 4.79 Å². The van der Waals surface area contributed by atoms with Crippen molar-refractivity contribution in [3.05, 3.63) is 0 Å². The van der Waals surface area contributed by atoms with E-state index in [0.29, 0.717) is 13.2 Å². The molecule has 1 aliphatic rings. The zero-order chi connectivity index (χ0) is 7.56. The predicted molar refractivity (Wildman–Crippen MR) is 38.9 cm³/mol. The SMILES string of the molecule is CC(=O)SC1COCC1O. The molecular weight excluding hydrogens is 152 g/mol. The summed E-state index contributed by atoms with van der Waals surface area (Å²) in [6.07, 6.45) is -0.464. The van der Waals surface area contributed by atoms with Gasteiger partial charge in [-0.1, -0.05) is 11.8 Å². The lowest BCUT2D eigenvalue weighted by Crippen LogP contribution is -2.21. The van der Waals surface area contributed by atoms with Crippen LogP contribution in [0.15, 0.2) is 0 Å². The monoisotopic (exact) mass is 162 g/mol. The summed E-state index contributed by atoms with van der Waals surface area (Å²) in [7, 11) is 0. The first-order valence-electron chi connectivity index (χ1n) is 3.13. The topological polar surface area (TPSA) is 46.5 Å². The Labute approximate surface area is 63.8 Å². The molecule has 1 heterocycles. The Hall–Kier alpha value is -0.0600. The van der Waals surface area contributed by atoms with Crippen LogP contribution in [0.25, 0.3) is 0 Å². The molecule has 1 rings (SSSR count). The maximum Gasteiger partial charge on any atom is 0.186 e. The smallest absolute Gasteiger partial charge is 0.186 e. The summed E-state index contributed by atoms with van der Waals surface area (Å²) in [5, 5.41) is 9.13. The molecule has 1 N–H and O–H groups in total. The lowest BCUT2D eigenvalue weighted by molar-refractivity contribution is -0.109. The van der Waals surface area contributed by atoms with Crippen LogP contribution >= 0.6 is 11.8 Å². The molecule has 1 saturated heterocycles. The number of hydrogen-bond acceptors (Lipinski definition) is 4. The Bertz CT molecular complexity index is 137. The molecule has 3 nitrogen and oxygen atoms in total. The number of aliphatic hydroxyl groups excluding tert-OH is 1. The average Bonchev–Trinajstić information content (AvgIpc) is 2.15. The molecule has 0 aliphatic carbocycles. The molecule has 0 radical (unpaired) electrons. The van der Waals surface area contributed by atoms with Gasteiger partial charge in [0.25, 0.3) is 0 Å². The zero-order valence-corrected chi connectivity index (χ0v) is 6.56. The van der Waals surface area contributed by atoms with Crippen molar-refractivity contribution in [3.63, 3.8) is 0 Å². The van der Waals surface area contributed by atoms with Crippen LogP contribution in [0, 0.1) is 0 Å². The van der Waals surface area contributed by atoms with Crippen molar-refractivity contribution in [2.75, 3.05) is 13.2 Å². The van der Waals surface area contributed by atoms with Gasteiger partial charge in [-0.2, -0.15) is 0 Å². The molecule has 0 bridgehead atoms. The summed E-state index contributed by atoms with van der Waals surface area (Å²) in [5.74, 6) is 0. The third-order valence-corrected chi connectivity index (χ3v) is 2.40. The minimum absolute atomic E-state index is 0.0366. The van der Waals surface area contributed by atoms with Gasteiger partial charge in [-0.25, -0.2) is 0 Å². The summed E-state index contributed by atoms with van der Waals surface area (Å²) in [5.41, 5.74) is 0. The van der Waals surface area contributed by atoms with Gasteiger partial charge in [0.2, 0.25) is 0 Å². The second-order valence-electron chi connectivity index (χ2n) is 2.25. The number of ether oxygens (including phenoxy) is 1.